The molecule has 0 amide bonds. The van der Waals surface area contributed by atoms with Gasteiger partial charge in [-0.15, -0.1) is 0 Å². The zero-order valence-electron chi connectivity index (χ0n) is 11.8. The number of rotatable bonds is 4. The third-order valence-electron chi connectivity index (χ3n) is 3.91. The van der Waals surface area contributed by atoms with Crippen molar-refractivity contribution in [2.24, 2.45) is 11.8 Å². The fraction of sp³-hybridized carbons (Fsp3) is 0.625. The van der Waals surface area contributed by atoms with E-state index in [1.54, 1.807) is 6.07 Å². The van der Waals surface area contributed by atoms with Gasteiger partial charge in [0, 0.05) is 11.7 Å². The van der Waals surface area contributed by atoms with Crippen molar-refractivity contribution in [3.05, 3.63) is 23.2 Å². The van der Waals surface area contributed by atoms with Crippen molar-refractivity contribution in [3.8, 4) is 5.75 Å². The molecule has 0 heterocycles. The van der Waals surface area contributed by atoms with Gasteiger partial charge in [0.05, 0.1) is 5.02 Å². The van der Waals surface area contributed by atoms with Crippen LogP contribution in [0.2, 0.25) is 5.02 Å². The van der Waals surface area contributed by atoms with Crippen molar-refractivity contribution >= 4 is 17.3 Å². The van der Waals surface area contributed by atoms with Crippen LogP contribution >= 0.6 is 11.6 Å². The second-order valence-corrected chi connectivity index (χ2v) is 6.58. The average molecular weight is 282 g/mol. The Balaban J connectivity index is 1.92. The van der Waals surface area contributed by atoms with E-state index in [-0.39, 0.29) is 5.75 Å². The van der Waals surface area contributed by atoms with Crippen LogP contribution in [0.1, 0.15) is 46.0 Å². The molecule has 0 saturated heterocycles. The van der Waals surface area contributed by atoms with Crippen molar-refractivity contribution in [2.45, 2.75) is 52.0 Å². The lowest BCUT2D eigenvalue weighted by Gasteiger charge is -2.31. The van der Waals surface area contributed by atoms with Crippen molar-refractivity contribution in [1.29, 1.82) is 0 Å². The molecule has 2 atom stereocenters. The molecule has 0 bridgehead atoms. The monoisotopic (exact) mass is 281 g/mol. The van der Waals surface area contributed by atoms with Gasteiger partial charge in [0.2, 0.25) is 0 Å². The Labute approximate surface area is 121 Å². The van der Waals surface area contributed by atoms with Gasteiger partial charge in [-0.05, 0) is 49.3 Å². The molecule has 1 fully saturated rings. The summed E-state index contributed by atoms with van der Waals surface area (Å²) in [5.74, 6) is 1.78. The Kier molecular flexibility index (Phi) is 4.98. The number of anilines is 1. The van der Waals surface area contributed by atoms with Crippen LogP contribution in [-0.4, -0.2) is 11.1 Å². The third kappa shape index (κ3) is 4.31. The predicted octanol–water partition coefficient (Wildman–Crippen LogP) is 5.06. The first-order valence-electron chi connectivity index (χ1n) is 7.29. The van der Waals surface area contributed by atoms with E-state index in [2.05, 4.69) is 19.2 Å². The van der Waals surface area contributed by atoms with Crippen LogP contribution in [0.15, 0.2) is 18.2 Å². The quantitative estimate of drug-likeness (QED) is 0.756. The number of hydrogen-bond donors (Lipinski definition) is 2. The van der Waals surface area contributed by atoms with Gasteiger partial charge in [0.1, 0.15) is 5.75 Å². The standard InChI is InChI=1S/C16H24ClNO/c1-11(2)8-12-4-3-5-13(9-12)18-14-6-7-16(19)15(17)10-14/h6-7,10-13,18-19H,3-5,8-9H2,1-2H3. The highest BCUT2D eigenvalue weighted by atomic mass is 35.5. The van der Waals surface area contributed by atoms with Crippen LogP contribution in [0.3, 0.4) is 0 Å². The topological polar surface area (TPSA) is 32.3 Å². The van der Waals surface area contributed by atoms with Crippen molar-refractivity contribution in [3.63, 3.8) is 0 Å². The van der Waals surface area contributed by atoms with Crippen molar-refractivity contribution in [1.82, 2.24) is 0 Å². The summed E-state index contributed by atoms with van der Waals surface area (Å²) < 4.78 is 0. The summed E-state index contributed by atoms with van der Waals surface area (Å²) in [5, 5.41) is 13.4. The van der Waals surface area contributed by atoms with E-state index in [0.717, 1.165) is 17.5 Å². The predicted molar refractivity (Wildman–Crippen MR) is 81.9 cm³/mol. The molecule has 0 aromatic heterocycles. The van der Waals surface area contributed by atoms with Crippen LogP contribution in [-0.2, 0) is 0 Å². The molecule has 1 aromatic rings. The first-order valence-corrected chi connectivity index (χ1v) is 7.67. The second kappa shape index (κ2) is 6.51. The smallest absolute Gasteiger partial charge is 0.134 e. The molecular formula is C16H24ClNO. The van der Waals surface area contributed by atoms with E-state index in [1.807, 2.05) is 12.1 Å². The fourth-order valence-electron chi connectivity index (χ4n) is 3.14. The maximum Gasteiger partial charge on any atom is 0.134 e. The number of phenolic OH excluding ortho intramolecular Hbond substituents is 1. The summed E-state index contributed by atoms with van der Waals surface area (Å²) in [4.78, 5) is 0. The second-order valence-electron chi connectivity index (χ2n) is 6.17. The molecular weight excluding hydrogens is 258 g/mol. The van der Waals surface area contributed by atoms with Crippen molar-refractivity contribution in [2.75, 3.05) is 5.32 Å². The van der Waals surface area contributed by atoms with Gasteiger partial charge in [-0.2, -0.15) is 0 Å². The number of phenols is 1. The maximum absolute atomic E-state index is 9.43. The molecule has 0 aliphatic heterocycles. The molecule has 106 valence electrons. The summed E-state index contributed by atoms with van der Waals surface area (Å²) in [6.07, 6.45) is 6.48. The van der Waals surface area contributed by atoms with E-state index in [9.17, 15) is 5.11 Å². The number of nitrogens with one attached hydrogen (secondary N) is 1. The number of halogens is 1. The van der Waals surface area contributed by atoms with Crippen molar-refractivity contribution < 1.29 is 5.11 Å². The van der Waals surface area contributed by atoms with Crippen LogP contribution in [0.5, 0.6) is 5.75 Å². The molecule has 0 radical (unpaired) electrons. The molecule has 2 unspecified atom stereocenters. The first kappa shape index (κ1) is 14.5. The lowest BCUT2D eigenvalue weighted by molar-refractivity contribution is 0.289. The third-order valence-corrected chi connectivity index (χ3v) is 4.21. The number of aromatic hydroxyl groups is 1. The van der Waals surface area contributed by atoms with Gasteiger partial charge in [-0.3, -0.25) is 0 Å². The molecule has 1 saturated carbocycles. The van der Waals surface area contributed by atoms with Crippen LogP contribution in [0, 0.1) is 11.8 Å². The summed E-state index contributed by atoms with van der Waals surface area (Å²) in [7, 11) is 0. The lowest BCUT2D eigenvalue weighted by atomic mass is 9.81. The van der Waals surface area contributed by atoms with Gasteiger partial charge < -0.3 is 10.4 Å². The molecule has 3 heteroatoms. The molecule has 1 aromatic carbocycles. The largest absolute Gasteiger partial charge is 0.506 e. The highest BCUT2D eigenvalue weighted by Gasteiger charge is 2.22. The van der Waals surface area contributed by atoms with E-state index in [0.29, 0.717) is 11.1 Å². The van der Waals surface area contributed by atoms with E-state index in [1.165, 1.54) is 32.1 Å². The lowest BCUT2D eigenvalue weighted by Crippen LogP contribution is -2.27. The van der Waals surface area contributed by atoms with Crippen LogP contribution in [0.25, 0.3) is 0 Å². The normalized spacial score (nSPS) is 23.6. The molecule has 1 aliphatic carbocycles. The Morgan fingerprint density at radius 2 is 2.16 bits per heavy atom. The van der Waals surface area contributed by atoms with Gasteiger partial charge in [0.25, 0.3) is 0 Å². The number of benzene rings is 1. The summed E-state index contributed by atoms with van der Waals surface area (Å²) >= 11 is 5.94. The summed E-state index contributed by atoms with van der Waals surface area (Å²) in [5.41, 5.74) is 1.01. The Bertz CT molecular complexity index is 419. The van der Waals surface area contributed by atoms with E-state index < -0.39 is 0 Å². The van der Waals surface area contributed by atoms with Crippen LogP contribution < -0.4 is 5.32 Å². The minimum atomic E-state index is 0.147. The highest BCUT2D eigenvalue weighted by Crippen LogP contribution is 2.32. The Hall–Kier alpha value is -0.890. The van der Waals surface area contributed by atoms with Gasteiger partial charge in [-0.25, -0.2) is 0 Å². The minimum Gasteiger partial charge on any atom is -0.506 e. The van der Waals surface area contributed by atoms with Gasteiger partial charge in [-0.1, -0.05) is 38.3 Å². The zero-order valence-corrected chi connectivity index (χ0v) is 12.6. The molecule has 1 aliphatic rings. The molecule has 19 heavy (non-hydrogen) atoms. The zero-order chi connectivity index (χ0) is 13.8. The summed E-state index contributed by atoms with van der Waals surface area (Å²) in [6, 6.07) is 5.90. The Morgan fingerprint density at radius 3 is 2.84 bits per heavy atom. The molecule has 2 nitrogen and oxygen atoms in total. The minimum absolute atomic E-state index is 0.147. The average Bonchev–Trinajstić information content (AvgIpc) is 2.33. The SMILES string of the molecule is CC(C)CC1CCCC(Nc2ccc(O)c(Cl)c2)C1. The number of hydrogen-bond acceptors (Lipinski definition) is 2. The molecule has 2 N–H and O–H groups in total. The van der Waals surface area contributed by atoms with E-state index >= 15 is 0 Å². The molecule has 2 rings (SSSR count). The van der Waals surface area contributed by atoms with E-state index in [4.69, 9.17) is 11.6 Å². The Morgan fingerprint density at radius 1 is 1.37 bits per heavy atom. The van der Waals surface area contributed by atoms with Gasteiger partial charge in [0.15, 0.2) is 0 Å². The summed E-state index contributed by atoms with van der Waals surface area (Å²) in [6.45, 7) is 4.60. The molecule has 0 spiro atoms. The van der Waals surface area contributed by atoms with Crippen LogP contribution in [0.4, 0.5) is 5.69 Å². The van der Waals surface area contributed by atoms with Gasteiger partial charge >= 0.3 is 0 Å². The highest BCUT2D eigenvalue weighted by molar-refractivity contribution is 6.32. The first-order chi connectivity index (χ1) is 9.04. The fourth-order valence-corrected chi connectivity index (χ4v) is 3.32. The maximum atomic E-state index is 9.43.